The number of rotatable bonds is 2. The lowest BCUT2D eigenvalue weighted by molar-refractivity contribution is -0.153. The largest absolute Gasteiger partial charge is 0.390 e. The van der Waals surface area contributed by atoms with Crippen LogP contribution in [0, 0.1) is 11.8 Å². The number of allylic oxidation sites excluding steroid dienone is 1. The lowest BCUT2D eigenvalue weighted by Gasteiger charge is -2.48. The SMILES string of the molecule is CC1C[C@H]2C(=O)N(C)[C@](C)(C(O)[C@@H]3C=CCCC3)[C@@]2(C)O1. The molecule has 3 rings (SSSR count). The Hall–Kier alpha value is -0.870. The molecule has 0 aromatic heterocycles. The average Bonchev–Trinajstić information content (AvgIpc) is 2.86. The van der Waals surface area contributed by atoms with E-state index < -0.39 is 17.2 Å². The molecule has 6 atom stereocenters. The van der Waals surface area contributed by atoms with Crippen molar-refractivity contribution in [1.82, 2.24) is 4.90 Å². The van der Waals surface area contributed by atoms with E-state index in [0.717, 1.165) is 25.7 Å². The first-order valence-electron chi connectivity index (χ1n) is 8.12. The molecule has 2 unspecified atom stereocenters. The predicted octanol–water partition coefficient (Wildman–Crippen LogP) is 2.12. The number of likely N-dealkylation sites (tertiary alicyclic amines) is 1. The minimum absolute atomic E-state index is 0.0751. The molecule has 0 aromatic carbocycles. The first-order valence-corrected chi connectivity index (χ1v) is 8.12. The zero-order valence-electron chi connectivity index (χ0n) is 13.5. The molecule has 0 bridgehead atoms. The van der Waals surface area contributed by atoms with Crippen molar-refractivity contribution in [2.45, 2.75) is 69.8 Å². The Balaban J connectivity index is 1.99. The summed E-state index contributed by atoms with van der Waals surface area (Å²) in [6, 6.07) is 0. The lowest BCUT2D eigenvalue weighted by atomic mass is 9.70. The van der Waals surface area contributed by atoms with Crippen LogP contribution in [0.2, 0.25) is 0 Å². The van der Waals surface area contributed by atoms with E-state index in [1.54, 1.807) is 4.90 Å². The summed E-state index contributed by atoms with van der Waals surface area (Å²) < 4.78 is 6.19. The minimum atomic E-state index is -0.675. The van der Waals surface area contributed by atoms with Crippen molar-refractivity contribution >= 4 is 5.91 Å². The Kier molecular flexibility index (Phi) is 3.45. The number of carbonyl (C=O) groups is 1. The maximum Gasteiger partial charge on any atom is 0.229 e. The molecule has 0 radical (unpaired) electrons. The number of ether oxygens (including phenoxy) is 1. The highest BCUT2D eigenvalue weighted by atomic mass is 16.5. The van der Waals surface area contributed by atoms with Crippen LogP contribution in [0.4, 0.5) is 0 Å². The Bertz CT molecular complexity index is 477. The second-order valence-electron chi connectivity index (χ2n) is 7.34. The normalized spacial score (nSPS) is 47.8. The van der Waals surface area contributed by atoms with Crippen LogP contribution in [-0.2, 0) is 9.53 Å². The van der Waals surface area contributed by atoms with Gasteiger partial charge in [-0.1, -0.05) is 12.2 Å². The van der Waals surface area contributed by atoms with E-state index in [-0.39, 0.29) is 23.8 Å². The zero-order valence-corrected chi connectivity index (χ0v) is 13.5. The predicted molar refractivity (Wildman–Crippen MR) is 80.7 cm³/mol. The van der Waals surface area contributed by atoms with Crippen LogP contribution in [0.1, 0.15) is 46.5 Å². The summed E-state index contributed by atoms with van der Waals surface area (Å²) in [5, 5.41) is 11.1. The van der Waals surface area contributed by atoms with Crippen molar-refractivity contribution in [3.8, 4) is 0 Å². The van der Waals surface area contributed by atoms with Gasteiger partial charge in [-0.3, -0.25) is 4.79 Å². The number of carbonyl (C=O) groups excluding carboxylic acids is 1. The van der Waals surface area contributed by atoms with Crippen molar-refractivity contribution in [2.75, 3.05) is 7.05 Å². The maximum atomic E-state index is 12.7. The van der Waals surface area contributed by atoms with Gasteiger partial charge in [-0.05, 0) is 46.5 Å². The van der Waals surface area contributed by atoms with Gasteiger partial charge in [0.2, 0.25) is 5.91 Å². The standard InChI is InChI=1S/C17H27NO3/c1-11-10-13-15(20)18(4)16(2,17(13,3)21-11)14(19)12-8-6-5-7-9-12/h6,8,11-14,19H,5,7,9-10H2,1-4H3/t11?,12-,13+,14?,16-,17+/m1/s1. The molecule has 3 aliphatic rings. The molecule has 0 spiro atoms. The highest BCUT2D eigenvalue weighted by Gasteiger charge is 2.69. The fraction of sp³-hybridized carbons (Fsp3) is 0.824. The quantitative estimate of drug-likeness (QED) is 0.793. The van der Waals surface area contributed by atoms with Crippen LogP contribution < -0.4 is 0 Å². The van der Waals surface area contributed by atoms with Crippen molar-refractivity contribution in [3.63, 3.8) is 0 Å². The number of fused-ring (bicyclic) bond motifs is 1. The third-order valence-electron chi connectivity index (χ3n) is 6.28. The molecule has 0 aromatic rings. The smallest absolute Gasteiger partial charge is 0.229 e. The molecule has 2 aliphatic heterocycles. The number of aliphatic hydroxyl groups excluding tert-OH is 1. The van der Waals surface area contributed by atoms with Crippen LogP contribution in [0.5, 0.6) is 0 Å². The Morgan fingerprint density at radius 2 is 2.19 bits per heavy atom. The fourth-order valence-corrected chi connectivity index (χ4v) is 4.72. The van der Waals surface area contributed by atoms with Gasteiger partial charge in [0.05, 0.1) is 23.7 Å². The van der Waals surface area contributed by atoms with Gasteiger partial charge in [-0.15, -0.1) is 0 Å². The van der Waals surface area contributed by atoms with Gasteiger partial charge in [0.1, 0.15) is 5.60 Å². The highest BCUT2D eigenvalue weighted by molar-refractivity contribution is 5.85. The highest BCUT2D eigenvalue weighted by Crippen LogP contribution is 2.54. The van der Waals surface area contributed by atoms with Crippen LogP contribution in [0.3, 0.4) is 0 Å². The molecule has 1 N–H and O–H groups in total. The first-order chi connectivity index (χ1) is 9.82. The third-order valence-corrected chi connectivity index (χ3v) is 6.28. The van der Waals surface area contributed by atoms with Crippen LogP contribution in [0.15, 0.2) is 12.2 Å². The van der Waals surface area contributed by atoms with Gasteiger partial charge < -0.3 is 14.7 Å². The van der Waals surface area contributed by atoms with E-state index in [9.17, 15) is 9.90 Å². The molecule has 2 heterocycles. The Morgan fingerprint density at radius 1 is 1.48 bits per heavy atom. The van der Waals surface area contributed by atoms with Crippen molar-refractivity contribution in [1.29, 1.82) is 0 Å². The van der Waals surface area contributed by atoms with Gasteiger partial charge in [-0.25, -0.2) is 0 Å². The van der Waals surface area contributed by atoms with E-state index in [2.05, 4.69) is 12.2 Å². The number of aliphatic hydroxyl groups is 1. The summed E-state index contributed by atoms with van der Waals surface area (Å²) >= 11 is 0. The summed E-state index contributed by atoms with van der Waals surface area (Å²) in [4.78, 5) is 14.4. The van der Waals surface area contributed by atoms with Gasteiger partial charge >= 0.3 is 0 Å². The number of amides is 1. The number of hydrogen-bond acceptors (Lipinski definition) is 3. The van der Waals surface area contributed by atoms with Crippen molar-refractivity contribution < 1.29 is 14.6 Å². The molecule has 1 aliphatic carbocycles. The number of likely N-dealkylation sites (N-methyl/N-ethyl adjacent to an activating group) is 1. The van der Waals surface area contributed by atoms with E-state index in [1.165, 1.54) is 0 Å². The topological polar surface area (TPSA) is 49.8 Å². The molecule has 2 fully saturated rings. The molecule has 4 nitrogen and oxygen atoms in total. The summed E-state index contributed by atoms with van der Waals surface area (Å²) in [7, 11) is 1.82. The first kappa shape index (κ1) is 15.0. The molecule has 21 heavy (non-hydrogen) atoms. The molecule has 0 saturated carbocycles. The van der Waals surface area contributed by atoms with Gasteiger partial charge in [0, 0.05) is 13.0 Å². The minimum Gasteiger partial charge on any atom is -0.390 e. The third kappa shape index (κ3) is 1.85. The van der Waals surface area contributed by atoms with Gasteiger partial charge in [0.25, 0.3) is 0 Å². The van der Waals surface area contributed by atoms with Crippen LogP contribution in [-0.4, -0.2) is 46.3 Å². The van der Waals surface area contributed by atoms with Crippen molar-refractivity contribution in [3.05, 3.63) is 12.2 Å². The summed E-state index contributed by atoms with van der Waals surface area (Å²) in [6.45, 7) is 6.03. The number of hydrogen-bond donors (Lipinski definition) is 1. The Labute approximate surface area is 127 Å². The molecule has 4 heteroatoms. The van der Waals surface area contributed by atoms with Crippen molar-refractivity contribution in [2.24, 2.45) is 11.8 Å². The van der Waals surface area contributed by atoms with E-state index in [0.29, 0.717) is 0 Å². The number of nitrogens with zero attached hydrogens (tertiary/aromatic N) is 1. The van der Waals surface area contributed by atoms with Gasteiger partial charge in [-0.2, -0.15) is 0 Å². The summed E-state index contributed by atoms with van der Waals surface area (Å²) in [5.74, 6) is 0.0852. The Morgan fingerprint density at radius 3 is 2.81 bits per heavy atom. The molecule has 118 valence electrons. The van der Waals surface area contributed by atoms with E-state index in [4.69, 9.17) is 4.74 Å². The lowest BCUT2D eigenvalue weighted by Crippen LogP contribution is -2.64. The summed E-state index contributed by atoms with van der Waals surface area (Å²) in [5.41, 5.74) is -1.28. The maximum absolute atomic E-state index is 12.7. The summed E-state index contributed by atoms with van der Waals surface area (Å²) in [6.07, 6.45) is 7.66. The zero-order chi connectivity index (χ0) is 15.4. The monoisotopic (exact) mass is 293 g/mol. The van der Waals surface area contributed by atoms with Crippen LogP contribution >= 0.6 is 0 Å². The molecular weight excluding hydrogens is 266 g/mol. The molecule has 2 saturated heterocycles. The average molecular weight is 293 g/mol. The second-order valence-corrected chi connectivity index (χ2v) is 7.34. The van der Waals surface area contributed by atoms with E-state index >= 15 is 0 Å². The second kappa shape index (κ2) is 4.82. The van der Waals surface area contributed by atoms with Gasteiger partial charge in [0.15, 0.2) is 0 Å². The molecule has 1 amide bonds. The molecular formula is C17H27NO3. The van der Waals surface area contributed by atoms with Crippen LogP contribution in [0.25, 0.3) is 0 Å². The fourth-order valence-electron chi connectivity index (χ4n) is 4.72. The van der Waals surface area contributed by atoms with E-state index in [1.807, 2.05) is 27.8 Å².